The largest absolute Gasteiger partial charge is 0.423 e. The molecule has 1 N–H and O–H groups in total. The number of carbonyl (C=O) groups excluding carboxylic acids is 1. The van der Waals surface area contributed by atoms with Gasteiger partial charge in [0.25, 0.3) is 0 Å². The molecule has 0 amide bonds. The summed E-state index contributed by atoms with van der Waals surface area (Å²) in [6, 6.07) is 19.5. The topological polar surface area (TPSA) is 59.1 Å². The van der Waals surface area contributed by atoms with Crippen LogP contribution in [0.1, 0.15) is 40.6 Å². The van der Waals surface area contributed by atoms with Crippen LogP contribution in [0, 0.1) is 17.5 Å². The van der Waals surface area contributed by atoms with Gasteiger partial charge >= 0.3 is 5.97 Å². The summed E-state index contributed by atoms with van der Waals surface area (Å²) in [6.45, 7) is 2.08. The number of aliphatic hydroxyl groups is 1. The minimum Gasteiger partial charge on any atom is -0.423 e. The van der Waals surface area contributed by atoms with Gasteiger partial charge in [0.1, 0.15) is 17.7 Å². The second-order valence-electron chi connectivity index (χ2n) is 8.56. The first-order valence-electron chi connectivity index (χ1n) is 11.3. The smallest absolute Gasteiger partial charge is 0.343 e. The molecule has 1 aliphatic heterocycles. The standard InChI is InChI=1S/C29H21F3O4/c1-16(33)17-2-4-18(5-3-17)22-12-13-23(28(32)27(22)31)19-6-9-21(10-7-19)36-29(34)20-8-11-24(25(30)14-20)26-15-35-26/h2-14,16,26,33H,15H2,1H3. The third-order valence-electron chi connectivity index (χ3n) is 6.08. The molecule has 2 atom stereocenters. The SMILES string of the molecule is CC(O)c1ccc(-c2ccc(-c3ccc(OC(=O)c4ccc(C5CO5)c(F)c4)cc3)c(F)c2F)cc1. The van der Waals surface area contributed by atoms with E-state index in [2.05, 4.69) is 0 Å². The molecule has 0 saturated carbocycles. The maximum atomic E-state index is 15.0. The summed E-state index contributed by atoms with van der Waals surface area (Å²) in [5, 5.41) is 9.63. The van der Waals surface area contributed by atoms with Gasteiger partial charge in [0, 0.05) is 16.7 Å². The van der Waals surface area contributed by atoms with Crippen molar-refractivity contribution < 1.29 is 32.5 Å². The highest BCUT2D eigenvalue weighted by atomic mass is 19.2. The van der Waals surface area contributed by atoms with E-state index in [4.69, 9.17) is 9.47 Å². The Morgan fingerprint density at radius 2 is 1.44 bits per heavy atom. The summed E-state index contributed by atoms with van der Waals surface area (Å²) in [5.74, 6) is -3.10. The number of hydrogen-bond donors (Lipinski definition) is 1. The molecule has 4 aromatic rings. The van der Waals surface area contributed by atoms with Gasteiger partial charge in [0.2, 0.25) is 0 Å². The van der Waals surface area contributed by atoms with Crippen LogP contribution in [0.2, 0.25) is 0 Å². The van der Waals surface area contributed by atoms with E-state index in [0.29, 0.717) is 28.9 Å². The molecule has 182 valence electrons. The Morgan fingerprint density at radius 3 is 1.94 bits per heavy atom. The summed E-state index contributed by atoms with van der Waals surface area (Å²) >= 11 is 0. The van der Waals surface area contributed by atoms with Gasteiger partial charge in [-0.15, -0.1) is 0 Å². The van der Waals surface area contributed by atoms with Crippen molar-refractivity contribution in [1.29, 1.82) is 0 Å². The van der Waals surface area contributed by atoms with Gasteiger partial charge in [-0.25, -0.2) is 18.0 Å². The van der Waals surface area contributed by atoms with Crippen molar-refractivity contribution in [2.45, 2.75) is 19.1 Å². The summed E-state index contributed by atoms with van der Waals surface area (Å²) in [7, 11) is 0. The molecule has 1 heterocycles. The Balaban J connectivity index is 1.32. The minimum atomic E-state index is -1.01. The van der Waals surface area contributed by atoms with Crippen molar-refractivity contribution in [3.05, 3.63) is 113 Å². The minimum absolute atomic E-state index is 0.0474. The van der Waals surface area contributed by atoms with Crippen molar-refractivity contribution in [2.24, 2.45) is 0 Å². The number of aliphatic hydroxyl groups excluding tert-OH is 1. The number of halogens is 3. The Hall–Kier alpha value is -3.94. The lowest BCUT2D eigenvalue weighted by Gasteiger charge is -2.11. The summed E-state index contributed by atoms with van der Waals surface area (Å²) in [4.78, 5) is 12.4. The molecule has 2 unspecified atom stereocenters. The maximum Gasteiger partial charge on any atom is 0.343 e. The molecule has 0 spiro atoms. The monoisotopic (exact) mass is 490 g/mol. The van der Waals surface area contributed by atoms with Crippen molar-refractivity contribution in [1.82, 2.24) is 0 Å². The summed E-state index contributed by atoms with van der Waals surface area (Å²) in [6.07, 6.45) is -0.924. The Bertz CT molecular complexity index is 1430. The zero-order valence-corrected chi connectivity index (χ0v) is 19.2. The highest BCUT2D eigenvalue weighted by Crippen LogP contribution is 2.34. The quantitative estimate of drug-likeness (QED) is 0.184. The lowest BCUT2D eigenvalue weighted by atomic mass is 9.97. The van der Waals surface area contributed by atoms with E-state index in [1.807, 2.05) is 0 Å². The predicted molar refractivity (Wildman–Crippen MR) is 128 cm³/mol. The van der Waals surface area contributed by atoms with Gasteiger partial charge in [-0.3, -0.25) is 0 Å². The van der Waals surface area contributed by atoms with E-state index in [1.54, 1.807) is 31.2 Å². The van der Waals surface area contributed by atoms with Crippen LogP contribution in [0.5, 0.6) is 5.75 Å². The highest BCUT2D eigenvalue weighted by Gasteiger charge is 2.28. The summed E-state index contributed by atoms with van der Waals surface area (Å²) < 4.78 is 54.4. The average molecular weight is 490 g/mol. The second kappa shape index (κ2) is 9.60. The van der Waals surface area contributed by atoms with E-state index in [-0.39, 0.29) is 28.5 Å². The Kier molecular flexibility index (Phi) is 6.35. The zero-order chi connectivity index (χ0) is 25.4. The van der Waals surface area contributed by atoms with E-state index >= 15 is 0 Å². The van der Waals surface area contributed by atoms with Crippen LogP contribution in [-0.4, -0.2) is 17.7 Å². The Labute approximate surface area is 205 Å². The molecule has 4 nitrogen and oxygen atoms in total. The molecule has 4 aromatic carbocycles. The molecular formula is C29H21F3O4. The number of carbonyl (C=O) groups is 1. The molecule has 7 heteroatoms. The van der Waals surface area contributed by atoms with Crippen LogP contribution in [-0.2, 0) is 4.74 Å². The number of esters is 1. The first-order chi connectivity index (χ1) is 17.3. The van der Waals surface area contributed by atoms with E-state index in [9.17, 15) is 23.1 Å². The third-order valence-corrected chi connectivity index (χ3v) is 6.08. The number of benzene rings is 4. The first-order valence-corrected chi connectivity index (χ1v) is 11.3. The molecule has 1 saturated heterocycles. The third kappa shape index (κ3) is 4.76. The van der Waals surface area contributed by atoms with Crippen molar-refractivity contribution in [3.63, 3.8) is 0 Å². The van der Waals surface area contributed by atoms with E-state index < -0.39 is 29.5 Å². The molecule has 0 aliphatic carbocycles. The molecule has 0 aromatic heterocycles. The fourth-order valence-corrected chi connectivity index (χ4v) is 3.95. The number of epoxide rings is 1. The van der Waals surface area contributed by atoms with Gasteiger partial charge in [0.15, 0.2) is 11.6 Å². The van der Waals surface area contributed by atoms with Gasteiger partial charge in [0.05, 0.1) is 18.3 Å². The van der Waals surface area contributed by atoms with Crippen LogP contribution >= 0.6 is 0 Å². The number of hydrogen-bond acceptors (Lipinski definition) is 4. The normalized spacial score (nSPS) is 15.4. The Morgan fingerprint density at radius 1 is 0.889 bits per heavy atom. The number of rotatable bonds is 6. The van der Waals surface area contributed by atoms with Crippen LogP contribution in [0.3, 0.4) is 0 Å². The molecule has 5 rings (SSSR count). The predicted octanol–water partition coefficient (Wildman–Crippen LogP) is 6.78. The second-order valence-corrected chi connectivity index (χ2v) is 8.56. The molecule has 1 aliphatic rings. The highest BCUT2D eigenvalue weighted by molar-refractivity contribution is 5.91. The molecule has 0 radical (unpaired) electrons. The van der Waals surface area contributed by atoms with Crippen molar-refractivity contribution in [3.8, 4) is 28.0 Å². The van der Waals surface area contributed by atoms with Gasteiger partial charge in [-0.05, 0) is 47.9 Å². The fraction of sp³-hybridized carbons (Fsp3) is 0.138. The summed E-state index contributed by atoms with van der Waals surface area (Å²) in [5.41, 5.74) is 2.15. The van der Waals surface area contributed by atoms with Gasteiger partial charge in [-0.1, -0.05) is 54.6 Å². The van der Waals surface area contributed by atoms with Crippen molar-refractivity contribution in [2.75, 3.05) is 6.61 Å². The van der Waals surface area contributed by atoms with Gasteiger partial charge < -0.3 is 14.6 Å². The molecule has 1 fully saturated rings. The zero-order valence-electron chi connectivity index (χ0n) is 19.2. The average Bonchev–Trinajstić information content (AvgIpc) is 3.72. The van der Waals surface area contributed by atoms with E-state index in [1.165, 1.54) is 48.5 Å². The molecule has 36 heavy (non-hydrogen) atoms. The maximum absolute atomic E-state index is 15.0. The van der Waals surface area contributed by atoms with Crippen LogP contribution in [0.4, 0.5) is 13.2 Å². The lowest BCUT2D eigenvalue weighted by Crippen LogP contribution is -2.09. The van der Waals surface area contributed by atoms with Crippen molar-refractivity contribution >= 4 is 5.97 Å². The van der Waals surface area contributed by atoms with Gasteiger partial charge in [-0.2, -0.15) is 0 Å². The molecule has 0 bridgehead atoms. The number of ether oxygens (including phenoxy) is 2. The first kappa shape index (κ1) is 23.8. The fourth-order valence-electron chi connectivity index (χ4n) is 3.95. The van der Waals surface area contributed by atoms with Crippen LogP contribution in [0.15, 0.2) is 78.9 Å². The van der Waals surface area contributed by atoms with E-state index in [0.717, 1.165) is 6.07 Å². The van der Waals surface area contributed by atoms with Crippen LogP contribution < -0.4 is 4.74 Å². The lowest BCUT2D eigenvalue weighted by molar-refractivity contribution is 0.0734. The van der Waals surface area contributed by atoms with Crippen LogP contribution in [0.25, 0.3) is 22.3 Å². The molecular weight excluding hydrogens is 469 g/mol.